The molecule has 1 aromatic rings. The summed E-state index contributed by atoms with van der Waals surface area (Å²) in [6, 6.07) is 8.93. The number of fused-ring (bicyclic) bond motifs is 2. The van der Waals surface area contributed by atoms with Gasteiger partial charge in [0.2, 0.25) is 0 Å². The topological polar surface area (TPSA) is 44.4 Å². The van der Waals surface area contributed by atoms with Gasteiger partial charge in [0.05, 0.1) is 0 Å². The summed E-state index contributed by atoms with van der Waals surface area (Å²) in [7, 11) is 0. The molecule has 2 aliphatic rings. The molecular weight excluding hydrogens is 318 g/mol. The lowest BCUT2D eigenvalue weighted by molar-refractivity contribution is 0.0741. The van der Waals surface area contributed by atoms with Crippen molar-refractivity contribution in [2.75, 3.05) is 6.54 Å². The zero-order chi connectivity index (χ0) is 17.1. The summed E-state index contributed by atoms with van der Waals surface area (Å²) in [5.41, 5.74) is 1.92. The molecule has 0 spiro atoms. The number of hydrogen-bond donors (Lipinski definition) is 2. The van der Waals surface area contributed by atoms with Gasteiger partial charge in [-0.25, -0.2) is 0 Å². The van der Waals surface area contributed by atoms with Gasteiger partial charge >= 0.3 is 0 Å². The van der Waals surface area contributed by atoms with E-state index in [0.29, 0.717) is 12.1 Å². The van der Waals surface area contributed by atoms with Crippen LogP contribution in [-0.4, -0.2) is 40.6 Å². The van der Waals surface area contributed by atoms with E-state index in [1.165, 1.54) is 24.8 Å². The Morgan fingerprint density at radius 2 is 1.83 bits per heavy atom. The van der Waals surface area contributed by atoms with E-state index in [1.54, 1.807) is 0 Å². The number of benzene rings is 1. The smallest absolute Gasteiger partial charge is 0.251 e. The van der Waals surface area contributed by atoms with Crippen molar-refractivity contribution in [1.29, 1.82) is 0 Å². The van der Waals surface area contributed by atoms with Crippen LogP contribution in [0.4, 0.5) is 0 Å². The monoisotopic (exact) mass is 345 g/mol. The molecule has 4 nitrogen and oxygen atoms in total. The van der Waals surface area contributed by atoms with Crippen molar-refractivity contribution in [1.82, 2.24) is 15.5 Å². The van der Waals surface area contributed by atoms with Gasteiger partial charge in [-0.2, -0.15) is 0 Å². The molecule has 1 amide bonds. The molecule has 0 aliphatic carbocycles. The maximum Gasteiger partial charge on any atom is 0.251 e. The minimum Gasteiger partial charge on any atom is -0.363 e. The number of aryl methyl sites for hydroxylation is 1. The number of nitrogens with one attached hydrogen (secondary N) is 2. The van der Waals surface area contributed by atoms with Crippen LogP contribution >= 0.6 is 12.2 Å². The first-order chi connectivity index (χ1) is 11.6. The first-order valence-electron chi connectivity index (χ1n) is 9.02. The second kappa shape index (κ2) is 7.51. The Kier molecular flexibility index (Phi) is 5.39. The summed E-state index contributed by atoms with van der Waals surface area (Å²) < 4.78 is 0. The van der Waals surface area contributed by atoms with E-state index in [4.69, 9.17) is 12.2 Å². The van der Waals surface area contributed by atoms with Crippen molar-refractivity contribution in [2.24, 2.45) is 0 Å². The number of hydrogen-bond acceptors (Lipinski definition) is 2. The molecule has 1 aromatic carbocycles. The molecule has 2 fully saturated rings. The third-order valence-electron chi connectivity index (χ3n) is 5.19. The standard InChI is InChI=1S/C19H27N3OS/c1-3-20-19(24)22-16-5-4-6-17(22)12-15(11-16)21-18(23)14-9-7-13(2)8-10-14/h7-10,15-17H,3-6,11-12H2,1-2H3,(H,20,24)(H,21,23). The van der Waals surface area contributed by atoms with Crippen LogP contribution in [-0.2, 0) is 0 Å². The molecule has 130 valence electrons. The fourth-order valence-electron chi connectivity index (χ4n) is 4.05. The number of amides is 1. The maximum absolute atomic E-state index is 12.5. The van der Waals surface area contributed by atoms with Crippen molar-refractivity contribution in [2.45, 2.75) is 64.1 Å². The zero-order valence-electron chi connectivity index (χ0n) is 14.5. The Bertz CT molecular complexity index is 587. The van der Waals surface area contributed by atoms with Gasteiger partial charge in [-0.15, -0.1) is 0 Å². The van der Waals surface area contributed by atoms with Crippen LogP contribution in [0.15, 0.2) is 24.3 Å². The number of carbonyl (C=O) groups excluding carboxylic acids is 1. The molecule has 0 radical (unpaired) electrons. The Morgan fingerprint density at radius 3 is 2.42 bits per heavy atom. The minimum atomic E-state index is 0.0424. The van der Waals surface area contributed by atoms with Crippen molar-refractivity contribution in [3.63, 3.8) is 0 Å². The van der Waals surface area contributed by atoms with Crippen LogP contribution < -0.4 is 10.6 Å². The predicted octanol–water partition coefficient (Wildman–Crippen LogP) is 3.00. The Labute approximate surface area is 150 Å². The number of thiocarbonyl (C=S) groups is 1. The van der Waals surface area contributed by atoms with Crippen LogP contribution in [0.3, 0.4) is 0 Å². The fourth-order valence-corrected chi connectivity index (χ4v) is 4.49. The molecule has 24 heavy (non-hydrogen) atoms. The van der Waals surface area contributed by atoms with Crippen molar-refractivity contribution >= 4 is 23.2 Å². The van der Waals surface area contributed by atoms with Crippen LogP contribution in [0.2, 0.25) is 0 Å². The van der Waals surface area contributed by atoms with E-state index in [9.17, 15) is 4.79 Å². The SMILES string of the molecule is CCNC(=S)N1C2CCCC1CC(NC(=O)c1ccc(C)cc1)C2. The highest BCUT2D eigenvalue weighted by Crippen LogP contribution is 2.34. The Balaban J connectivity index is 1.64. The van der Waals surface area contributed by atoms with E-state index < -0.39 is 0 Å². The lowest BCUT2D eigenvalue weighted by Gasteiger charge is -2.50. The summed E-state index contributed by atoms with van der Waals surface area (Å²) in [6.07, 6.45) is 5.57. The number of carbonyl (C=O) groups is 1. The highest BCUT2D eigenvalue weighted by atomic mass is 32.1. The molecule has 2 heterocycles. The van der Waals surface area contributed by atoms with Crippen molar-refractivity contribution < 1.29 is 4.79 Å². The molecular formula is C19H27N3OS. The Hall–Kier alpha value is -1.62. The lowest BCUT2D eigenvalue weighted by Crippen LogP contribution is -2.60. The van der Waals surface area contributed by atoms with Gasteiger partial charge in [-0.05, 0) is 70.3 Å². The quantitative estimate of drug-likeness (QED) is 0.827. The zero-order valence-corrected chi connectivity index (χ0v) is 15.4. The van der Waals surface area contributed by atoms with Crippen LogP contribution in [0.5, 0.6) is 0 Å². The van der Waals surface area contributed by atoms with E-state index in [2.05, 4.69) is 22.5 Å². The van der Waals surface area contributed by atoms with Gasteiger partial charge in [0.25, 0.3) is 5.91 Å². The second-order valence-corrected chi connectivity index (χ2v) is 7.38. The molecule has 2 aliphatic heterocycles. The second-order valence-electron chi connectivity index (χ2n) is 6.99. The van der Waals surface area contributed by atoms with Gasteiger partial charge in [0, 0.05) is 30.2 Å². The molecule has 2 atom stereocenters. The molecule has 2 N–H and O–H groups in total. The van der Waals surface area contributed by atoms with Gasteiger partial charge in [0.15, 0.2) is 5.11 Å². The number of nitrogens with zero attached hydrogens (tertiary/aromatic N) is 1. The largest absolute Gasteiger partial charge is 0.363 e. The third kappa shape index (κ3) is 3.72. The van der Waals surface area contributed by atoms with E-state index in [0.717, 1.165) is 30.1 Å². The molecule has 3 rings (SSSR count). The summed E-state index contributed by atoms with van der Waals surface area (Å²) >= 11 is 5.57. The average Bonchev–Trinajstić information content (AvgIpc) is 2.54. The minimum absolute atomic E-state index is 0.0424. The first-order valence-corrected chi connectivity index (χ1v) is 9.43. The van der Waals surface area contributed by atoms with Gasteiger partial charge in [0.1, 0.15) is 0 Å². The van der Waals surface area contributed by atoms with Gasteiger partial charge in [-0.3, -0.25) is 4.79 Å². The molecule has 2 unspecified atom stereocenters. The van der Waals surface area contributed by atoms with E-state index in [1.807, 2.05) is 31.2 Å². The highest BCUT2D eigenvalue weighted by Gasteiger charge is 2.39. The number of piperidine rings is 2. The van der Waals surface area contributed by atoms with Crippen LogP contribution in [0.1, 0.15) is 54.9 Å². The molecule has 0 saturated carbocycles. The molecule has 0 aromatic heterocycles. The highest BCUT2D eigenvalue weighted by molar-refractivity contribution is 7.80. The van der Waals surface area contributed by atoms with Crippen LogP contribution in [0.25, 0.3) is 0 Å². The summed E-state index contributed by atoms with van der Waals surface area (Å²) in [4.78, 5) is 14.9. The summed E-state index contributed by atoms with van der Waals surface area (Å²) in [6.45, 7) is 4.98. The van der Waals surface area contributed by atoms with Crippen LogP contribution in [0, 0.1) is 6.92 Å². The third-order valence-corrected chi connectivity index (χ3v) is 5.54. The predicted molar refractivity (Wildman–Crippen MR) is 101 cm³/mol. The van der Waals surface area contributed by atoms with Crippen molar-refractivity contribution in [3.05, 3.63) is 35.4 Å². The van der Waals surface area contributed by atoms with Gasteiger partial charge < -0.3 is 15.5 Å². The van der Waals surface area contributed by atoms with E-state index >= 15 is 0 Å². The maximum atomic E-state index is 12.5. The molecule has 5 heteroatoms. The number of rotatable bonds is 3. The fraction of sp³-hybridized carbons (Fsp3) is 0.579. The van der Waals surface area contributed by atoms with E-state index in [-0.39, 0.29) is 11.9 Å². The lowest BCUT2D eigenvalue weighted by atomic mass is 9.82. The average molecular weight is 346 g/mol. The van der Waals surface area contributed by atoms with Gasteiger partial charge in [-0.1, -0.05) is 17.7 Å². The Morgan fingerprint density at radius 1 is 1.21 bits per heavy atom. The normalized spacial score (nSPS) is 25.9. The molecule has 2 bridgehead atoms. The first kappa shape index (κ1) is 17.2. The molecule has 2 saturated heterocycles. The summed E-state index contributed by atoms with van der Waals surface area (Å²) in [5, 5.41) is 7.43. The van der Waals surface area contributed by atoms with Crippen molar-refractivity contribution in [3.8, 4) is 0 Å². The summed E-state index contributed by atoms with van der Waals surface area (Å²) in [5.74, 6) is 0.0424.